The molecule has 26 heavy (non-hydrogen) atoms. The summed E-state index contributed by atoms with van der Waals surface area (Å²) in [6.07, 6.45) is 4.89. The zero-order valence-corrected chi connectivity index (χ0v) is 14.3. The summed E-state index contributed by atoms with van der Waals surface area (Å²) in [5.41, 5.74) is 1.68. The maximum absolute atomic E-state index is 10.1. The molecule has 4 rings (SSSR count). The smallest absolute Gasteiger partial charge is 0.244 e. The van der Waals surface area contributed by atoms with E-state index >= 15 is 0 Å². The molecule has 0 aliphatic carbocycles. The Kier molecular flexibility index (Phi) is 4.59. The van der Waals surface area contributed by atoms with Gasteiger partial charge in [0.25, 0.3) is 0 Å². The lowest BCUT2D eigenvalue weighted by atomic mass is 10.1. The van der Waals surface area contributed by atoms with Crippen LogP contribution in [0.25, 0.3) is 11.5 Å². The fourth-order valence-electron chi connectivity index (χ4n) is 3.17. The van der Waals surface area contributed by atoms with Gasteiger partial charge in [0.15, 0.2) is 0 Å². The number of hydrogen-bond acceptors (Lipinski definition) is 8. The van der Waals surface area contributed by atoms with Crippen LogP contribution in [0.3, 0.4) is 0 Å². The molecule has 1 aliphatic rings. The number of nitrogens with zero attached hydrogens (tertiary/aromatic N) is 5. The Labute approximate surface area is 150 Å². The fourth-order valence-corrected chi connectivity index (χ4v) is 3.17. The molecule has 2 unspecified atom stereocenters. The van der Waals surface area contributed by atoms with Crippen molar-refractivity contribution in [1.29, 1.82) is 0 Å². The summed E-state index contributed by atoms with van der Waals surface area (Å²) in [6.45, 7) is 1.23. The molecular formula is C18H19N5O3. The van der Waals surface area contributed by atoms with Gasteiger partial charge < -0.3 is 14.4 Å². The molecule has 1 fully saturated rings. The summed E-state index contributed by atoms with van der Waals surface area (Å²) in [6, 6.07) is 7.74. The van der Waals surface area contributed by atoms with E-state index < -0.39 is 6.10 Å². The highest BCUT2D eigenvalue weighted by Gasteiger charge is 2.36. The van der Waals surface area contributed by atoms with Crippen molar-refractivity contribution in [3.05, 3.63) is 54.3 Å². The molecular weight excluding hydrogens is 334 g/mol. The SMILES string of the molecule is COc1ccc(CN2CC(O)CC2c2nc(-c3cnccn3)no2)cc1. The summed E-state index contributed by atoms with van der Waals surface area (Å²) in [7, 11) is 1.64. The van der Waals surface area contributed by atoms with Gasteiger partial charge in [-0.1, -0.05) is 17.3 Å². The molecule has 2 atom stereocenters. The molecule has 1 saturated heterocycles. The van der Waals surface area contributed by atoms with Gasteiger partial charge in [-0.05, 0) is 24.1 Å². The number of likely N-dealkylation sites (tertiary alicyclic amines) is 1. The second kappa shape index (κ2) is 7.19. The van der Waals surface area contributed by atoms with Crippen molar-refractivity contribution in [3.8, 4) is 17.3 Å². The molecule has 0 radical (unpaired) electrons. The van der Waals surface area contributed by atoms with E-state index in [-0.39, 0.29) is 6.04 Å². The van der Waals surface area contributed by atoms with E-state index in [1.807, 2.05) is 24.3 Å². The second-order valence-electron chi connectivity index (χ2n) is 6.23. The highest BCUT2D eigenvalue weighted by atomic mass is 16.5. The van der Waals surface area contributed by atoms with Crippen LogP contribution in [-0.4, -0.2) is 49.9 Å². The third-order valence-corrected chi connectivity index (χ3v) is 4.45. The molecule has 134 valence electrons. The first-order valence-electron chi connectivity index (χ1n) is 8.38. The molecule has 0 bridgehead atoms. The van der Waals surface area contributed by atoms with Gasteiger partial charge in [-0.25, -0.2) is 4.98 Å². The van der Waals surface area contributed by atoms with Crippen LogP contribution in [0.1, 0.15) is 23.9 Å². The molecule has 8 heteroatoms. The Morgan fingerprint density at radius 2 is 2.12 bits per heavy atom. The van der Waals surface area contributed by atoms with E-state index in [1.54, 1.807) is 25.7 Å². The third-order valence-electron chi connectivity index (χ3n) is 4.45. The summed E-state index contributed by atoms with van der Waals surface area (Å²) >= 11 is 0. The number of aliphatic hydroxyl groups is 1. The predicted octanol–water partition coefficient (Wildman–Crippen LogP) is 1.84. The second-order valence-corrected chi connectivity index (χ2v) is 6.23. The number of methoxy groups -OCH3 is 1. The highest BCUT2D eigenvalue weighted by Crippen LogP contribution is 2.33. The van der Waals surface area contributed by atoms with Crippen molar-refractivity contribution in [1.82, 2.24) is 25.0 Å². The summed E-state index contributed by atoms with van der Waals surface area (Å²) in [4.78, 5) is 14.8. The number of benzene rings is 1. The van der Waals surface area contributed by atoms with Crippen LogP contribution in [0.5, 0.6) is 5.75 Å². The number of rotatable bonds is 5. The van der Waals surface area contributed by atoms with Crippen LogP contribution < -0.4 is 4.74 Å². The van der Waals surface area contributed by atoms with Gasteiger partial charge in [-0.3, -0.25) is 9.88 Å². The van der Waals surface area contributed by atoms with E-state index in [1.165, 1.54) is 0 Å². The van der Waals surface area contributed by atoms with E-state index in [4.69, 9.17) is 9.26 Å². The summed E-state index contributed by atoms with van der Waals surface area (Å²) in [5, 5.41) is 14.1. The van der Waals surface area contributed by atoms with Gasteiger partial charge in [0.1, 0.15) is 11.4 Å². The average molecular weight is 353 g/mol. The minimum absolute atomic E-state index is 0.134. The number of ether oxygens (including phenoxy) is 1. The van der Waals surface area contributed by atoms with Crippen LogP contribution in [0.2, 0.25) is 0 Å². The number of aromatic nitrogens is 4. The highest BCUT2D eigenvalue weighted by molar-refractivity contribution is 5.45. The molecule has 3 heterocycles. The van der Waals surface area contributed by atoms with Crippen molar-refractivity contribution in [2.75, 3.05) is 13.7 Å². The first-order chi connectivity index (χ1) is 12.7. The number of β-amino-alcohol motifs (C(OH)–C–C–N with tert-alkyl or cyclic N) is 1. The van der Waals surface area contributed by atoms with Crippen molar-refractivity contribution >= 4 is 0 Å². The van der Waals surface area contributed by atoms with Crippen LogP contribution >= 0.6 is 0 Å². The Morgan fingerprint density at radius 3 is 2.85 bits per heavy atom. The lowest BCUT2D eigenvalue weighted by molar-refractivity contribution is 0.169. The van der Waals surface area contributed by atoms with Gasteiger partial charge in [0.2, 0.25) is 11.7 Å². The molecule has 0 spiro atoms. The molecule has 2 aromatic heterocycles. The molecule has 0 amide bonds. The Morgan fingerprint density at radius 1 is 1.27 bits per heavy atom. The average Bonchev–Trinajstić information content (AvgIpc) is 3.30. The van der Waals surface area contributed by atoms with Gasteiger partial charge in [-0.2, -0.15) is 4.98 Å². The Balaban J connectivity index is 1.53. The van der Waals surface area contributed by atoms with Crippen LogP contribution in [0, 0.1) is 0 Å². The minimum atomic E-state index is -0.426. The van der Waals surface area contributed by atoms with Crippen molar-refractivity contribution in [2.24, 2.45) is 0 Å². The standard InChI is InChI=1S/C18H19N5O3/c1-25-14-4-2-12(3-5-14)10-23-11-13(24)8-16(23)18-21-17(22-26-18)15-9-19-6-7-20-15/h2-7,9,13,16,24H,8,10-11H2,1H3. The van der Waals surface area contributed by atoms with Crippen LogP contribution in [0.4, 0.5) is 0 Å². The first-order valence-corrected chi connectivity index (χ1v) is 8.38. The van der Waals surface area contributed by atoms with Crippen LogP contribution in [0.15, 0.2) is 47.4 Å². The monoisotopic (exact) mass is 353 g/mol. The normalized spacial score (nSPS) is 20.4. The van der Waals surface area contributed by atoms with E-state index in [9.17, 15) is 5.11 Å². The van der Waals surface area contributed by atoms with Gasteiger partial charge in [0.05, 0.1) is 25.5 Å². The summed E-state index contributed by atoms with van der Waals surface area (Å²) in [5.74, 6) is 1.70. The Bertz CT molecular complexity index is 853. The van der Waals surface area contributed by atoms with Crippen molar-refractivity contribution < 1.29 is 14.4 Å². The fraction of sp³-hybridized carbons (Fsp3) is 0.333. The van der Waals surface area contributed by atoms with E-state index in [2.05, 4.69) is 25.0 Å². The maximum atomic E-state index is 10.1. The molecule has 3 aromatic rings. The zero-order valence-electron chi connectivity index (χ0n) is 14.3. The summed E-state index contributed by atoms with van der Waals surface area (Å²) < 4.78 is 10.6. The largest absolute Gasteiger partial charge is 0.497 e. The lowest BCUT2D eigenvalue weighted by Gasteiger charge is -2.21. The molecule has 0 saturated carbocycles. The van der Waals surface area contributed by atoms with Crippen molar-refractivity contribution in [2.45, 2.75) is 25.1 Å². The van der Waals surface area contributed by atoms with Gasteiger partial charge in [0, 0.05) is 25.5 Å². The maximum Gasteiger partial charge on any atom is 0.244 e. The number of aliphatic hydroxyl groups excluding tert-OH is 1. The molecule has 8 nitrogen and oxygen atoms in total. The number of hydrogen-bond donors (Lipinski definition) is 1. The van der Waals surface area contributed by atoms with E-state index in [0.29, 0.717) is 36.9 Å². The van der Waals surface area contributed by atoms with Crippen molar-refractivity contribution in [3.63, 3.8) is 0 Å². The zero-order chi connectivity index (χ0) is 17.9. The van der Waals surface area contributed by atoms with Gasteiger partial charge >= 0.3 is 0 Å². The molecule has 1 aromatic carbocycles. The van der Waals surface area contributed by atoms with Gasteiger partial charge in [-0.15, -0.1) is 0 Å². The quantitative estimate of drug-likeness (QED) is 0.742. The first kappa shape index (κ1) is 16.6. The molecule has 1 aliphatic heterocycles. The van der Waals surface area contributed by atoms with Crippen LogP contribution in [-0.2, 0) is 6.54 Å². The predicted molar refractivity (Wildman–Crippen MR) is 92.1 cm³/mol. The Hall–Kier alpha value is -2.84. The molecule has 1 N–H and O–H groups in total. The lowest BCUT2D eigenvalue weighted by Crippen LogP contribution is -2.24. The topological polar surface area (TPSA) is 97.4 Å². The minimum Gasteiger partial charge on any atom is -0.497 e. The third kappa shape index (κ3) is 3.42. The van der Waals surface area contributed by atoms with E-state index in [0.717, 1.165) is 11.3 Å².